The lowest BCUT2D eigenvalue weighted by Gasteiger charge is -2.22. The lowest BCUT2D eigenvalue weighted by Crippen LogP contribution is -2.30. The van der Waals surface area contributed by atoms with Gasteiger partial charge in [0.05, 0.1) is 30.7 Å². The maximum Gasteiger partial charge on any atom is 0.273 e. The molecule has 3 aromatic carbocycles. The molecule has 0 aliphatic carbocycles. The molecule has 0 bridgehead atoms. The third kappa shape index (κ3) is 10.3. The quantitative estimate of drug-likeness (QED) is 0.135. The van der Waals surface area contributed by atoms with E-state index < -0.39 is 5.91 Å². The maximum absolute atomic E-state index is 13.1. The van der Waals surface area contributed by atoms with Gasteiger partial charge in [-0.2, -0.15) is 5.10 Å². The Morgan fingerprint density at radius 1 is 0.925 bits per heavy atom. The summed E-state index contributed by atoms with van der Waals surface area (Å²) in [4.78, 5) is 28.1. The van der Waals surface area contributed by atoms with Crippen LogP contribution < -0.4 is 10.7 Å². The zero-order chi connectivity index (χ0) is 28.7. The lowest BCUT2D eigenvalue weighted by molar-refractivity contribution is 0.0798. The molecule has 0 saturated carbocycles. The third-order valence-electron chi connectivity index (χ3n) is 5.86. The molecule has 0 aliphatic rings. The van der Waals surface area contributed by atoms with Crippen LogP contribution in [0, 0.1) is 5.82 Å². The van der Waals surface area contributed by atoms with Crippen LogP contribution in [0.25, 0.3) is 0 Å². The minimum Gasteiger partial charge on any atom is -0.380 e. The second kappa shape index (κ2) is 16.6. The first kappa shape index (κ1) is 31.1. The molecule has 0 heterocycles. The van der Waals surface area contributed by atoms with Gasteiger partial charge in [0, 0.05) is 42.9 Å². The Hall–Kier alpha value is -3.44. The van der Waals surface area contributed by atoms with E-state index in [9.17, 15) is 14.0 Å². The van der Waals surface area contributed by atoms with Gasteiger partial charge >= 0.3 is 0 Å². The molecular formula is C30H34BrFN4O4. The molecule has 40 heavy (non-hydrogen) atoms. The first-order chi connectivity index (χ1) is 19.4. The van der Waals surface area contributed by atoms with Gasteiger partial charge in [0.2, 0.25) is 0 Å². The molecule has 0 aromatic heterocycles. The number of halogens is 2. The highest BCUT2D eigenvalue weighted by Gasteiger charge is 2.15. The summed E-state index contributed by atoms with van der Waals surface area (Å²) in [5, 5.41) is 6.76. The van der Waals surface area contributed by atoms with E-state index in [1.807, 2.05) is 26.0 Å². The molecule has 0 saturated heterocycles. The molecule has 3 rings (SSSR count). The van der Waals surface area contributed by atoms with Gasteiger partial charge in [-0.25, -0.2) is 9.82 Å². The predicted molar refractivity (Wildman–Crippen MR) is 158 cm³/mol. The summed E-state index contributed by atoms with van der Waals surface area (Å²) >= 11 is 3.37. The monoisotopic (exact) mass is 612 g/mol. The molecule has 0 unspecified atom stereocenters. The molecular weight excluding hydrogens is 579 g/mol. The zero-order valence-electron chi connectivity index (χ0n) is 22.7. The summed E-state index contributed by atoms with van der Waals surface area (Å²) in [6.07, 6.45) is 1.41. The topological polar surface area (TPSA) is 92.3 Å². The summed E-state index contributed by atoms with van der Waals surface area (Å²) in [5.74, 6) is -1.21. The number of anilines is 1. The van der Waals surface area contributed by atoms with Crippen LogP contribution in [0.3, 0.4) is 0 Å². The van der Waals surface area contributed by atoms with E-state index in [1.54, 1.807) is 42.5 Å². The number of benzene rings is 3. The van der Waals surface area contributed by atoms with Gasteiger partial charge in [-0.1, -0.05) is 40.2 Å². The highest BCUT2D eigenvalue weighted by molar-refractivity contribution is 9.10. The average Bonchev–Trinajstić information content (AvgIpc) is 2.95. The van der Waals surface area contributed by atoms with Crippen molar-refractivity contribution in [3.05, 3.63) is 99.3 Å². The Bertz CT molecular complexity index is 1260. The van der Waals surface area contributed by atoms with Crippen LogP contribution in [0.5, 0.6) is 0 Å². The highest BCUT2D eigenvalue weighted by Crippen LogP contribution is 2.22. The van der Waals surface area contributed by atoms with E-state index in [0.717, 1.165) is 18.7 Å². The fourth-order valence-corrected chi connectivity index (χ4v) is 4.11. The zero-order valence-corrected chi connectivity index (χ0v) is 24.2. The van der Waals surface area contributed by atoms with Crippen molar-refractivity contribution >= 4 is 39.6 Å². The number of hydrogen-bond acceptors (Lipinski definition) is 6. The summed E-state index contributed by atoms with van der Waals surface area (Å²) in [7, 11) is 0. The Morgan fingerprint density at radius 2 is 1.57 bits per heavy atom. The minimum atomic E-state index is -0.510. The van der Waals surface area contributed by atoms with Gasteiger partial charge in [0.1, 0.15) is 5.82 Å². The standard InChI is InChI=1S/C30H34BrFN4O4/c1-3-39-17-15-36(16-18-40-4-2)21-23-5-9-24(10-6-23)29(37)34-28-14-11-25(31)19-27(28)30(38)35-33-20-22-7-12-26(32)13-8-22/h5-14,19-20H,3-4,15-18,21H2,1-2H3,(H,34,37)(H,35,38). The number of hydrazone groups is 1. The van der Waals surface area contributed by atoms with Crippen LogP contribution >= 0.6 is 15.9 Å². The second-order valence-corrected chi connectivity index (χ2v) is 9.68. The van der Waals surface area contributed by atoms with E-state index >= 15 is 0 Å². The smallest absolute Gasteiger partial charge is 0.273 e. The normalized spacial score (nSPS) is 11.2. The molecule has 0 aliphatic heterocycles. The van der Waals surface area contributed by atoms with Crippen LogP contribution in [-0.4, -0.2) is 62.4 Å². The molecule has 2 amide bonds. The fraction of sp³-hybridized carbons (Fsp3) is 0.300. The predicted octanol–water partition coefficient (Wildman–Crippen LogP) is 5.48. The molecule has 0 spiro atoms. The van der Waals surface area contributed by atoms with E-state index in [-0.39, 0.29) is 17.3 Å². The van der Waals surface area contributed by atoms with Gasteiger partial charge < -0.3 is 14.8 Å². The molecule has 8 nitrogen and oxygen atoms in total. The van der Waals surface area contributed by atoms with Crippen molar-refractivity contribution in [2.75, 3.05) is 44.8 Å². The maximum atomic E-state index is 13.1. The van der Waals surface area contributed by atoms with Crippen LogP contribution in [-0.2, 0) is 16.0 Å². The molecule has 0 atom stereocenters. The number of rotatable bonds is 15. The van der Waals surface area contributed by atoms with Crippen LogP contribution in [0.4, 0.5) is 10.1 Å². The average molecular weight is 614 g/mol. The Morgan fingerprint density at radius 3 is 2.20 bits per heavy atom. The molecule has 10 heteroatoms. The second-order valence-electron chi connectivity index (χ2n) is 8.76. The Labute approximate surface area is 242 Å². The third-order valence-corrected chi connectivity index (χ3v) is 6.35. The van der Waals surface area contributed by atoms with E-state index in [2.05, 4.69) is 36.7 Å². The largest absolute Gasteiger partial charge is 0.380 e. The van der Waals surface area contributed by atoms with Crippen LogP contribution in [0.15, 0.2) is 76.3 Å². The number of hydrogen-bond donors (Lipinski definition) is 2. The van der Waals surface area contributed by atoms with Crippen molar-refractivity contribution in [2.45, 2.75) is 20.4 Å². The van der Waals surface area contributed by atoms with E-state index in [4.69, 9.17) is 9.47 Å². The van der Waals surface area contributed by atoms with Gasteiger partial charge in [0.25, 0.3) is 11.8 Å². The van der Waals surface area contributed by atoms with Gasteiger partial charge in [0.15, 0.2) is 0 Å². The van der Waals surface area contributed by atoms with Crippen molar-refractivity contribution in [1.29, 1.82) is 0 Å². The minimum absolute atomic E-state index is 0.231. The molecule has 0 fully saturated rings. The highest BCUT2D eigenvalue weighted by atomic mass is 79.9. The Kier molecular flexibility index (Phi) is 12.9. The Balaban J connectivity index is 1.64. The van der Waals surface area contributed by atoms with Crippen molar-refractivity contribution in [3.8, 4) is 0 Å². The van der Waals surface area contributed by atoms with Crippen molar-refractivity contribution in [1.82, 2.24) is 10.3 Å². The molecule has 212 valence electrons. The lowest BCUT2D eigenvalue weighted by atomic mass is 10.1. The summed E-state index contributed by atoms with van der Waals surface area (Å²) in [6, 6.07) is 18.0. The number of nitrogens with zero attached hydrogens (tertiary/aromatic N) is 2. The van der Waals surface area contributed by atoms with Crippen LogP contribution in [0.2, 0.25) is 0 Å². The van der Waals surface area contributed by atoms with E-state index in [0.29, 0.717) is 54.3 Å². The number of ether oxygens (including phenoxy) is 2. The number of carbonyl (C=O) groups excluding carboxylic acids is 2. The SMILES string of the molecule is CCOCCN(CCOCC)Cc1ccc(C(=O)Nc2ccc(Br)cc2C(=O)NN=Cc2ccc(F)cc2)cc1. The van der Waals surface area contributed by atoms with Crippen LogP contribution in [0.1, 0.15) is 45.7 Å². The summed E-state index contributed by atoms with van der Waals surface area (Å²) in [5.41, 5.74) is 5.16. The van der Waals surface area contributed by atoms with Crippen molar-refractivity contribution in [2.24, 2.45) is 5.10 Å². The fourth-order valence-electron chi connectivity index (χ4n) is 3.75. The van der Waals surface area contributed by atoms with Gasteiger partial charge in [-0.3, -0.25) is 14.5 Å². The van der Waals surface area contributed by atoms with Gasteiger partial charge in [-0.05, 0) is 67.4 Å². The van der Waals surface area contributed by atoms with Gasteiger partial charge in [-0.15, -0.1) is 0 Å². The summed E-state index contributed by atoms with van der Waals surface area (Å²) in [6.45, 7) is 8.86. The number of amides is 2. The van der Waals surface area contributed by atoms with Crippen molar-refractivity contribution in [3.63, 3.8) is 0 Å². The first-order valence-corrected chi connectivity index (χ1v) is 13.9. The molecule has 2 N–H and O–H groups in total. The molecule has 3 aromatic rings. The number of nitrogens with one attached hydrogen (secondary N) is 2. The van der Waals surface area contributed by atoms with E-state index in [1.165, 1.54) is 18.3 Å². The molecule has 0 radical (unpaired) electrons. The number of carbonyl (C=O) groups is 2. The summed E-state index contributed by atoms with van der Waals surface area (Å²) < 4.78 is 24.8. The van der Waals surface area contributed by atoms with Crippen molar-refractivity contribution < 1.29 is 23.5 Å². The first-order valence-electron chi connectivity index (χ1n) is 13.1.